The Labute approximate surface area is 157 Å². The molecule has 144 valence electrons. The zero-order chi connectivity index (χ0) is 19.4. The van der Waals surface area contributed by atoms with Gasteiger partial charge in [0.1, 0.15) is 0 Å². The van der Waals surface area contributed by atoms with Crippen LogP contribution in [0.5, 0.6) is 23.0 Å². The molecule has 0 unspecified atom stereocenters. The number of hydrogen-bond donors (Lipinski definition) is 2. The van der Waals surface area contributed by atoms with Gasteiger partial charge in [0.2, 0.25) is 0 Å². The van der Waals surface area contributed by atoms with Crippen LogP contribution in [-0.2, 0) is 12.8 Å². The molecule has 0 spiro atoms. The molecule has 2 aromatic rings. The monoisotopic (exact) mass is 360 g/mol. The number of phenolic OH excluding ortho intramolecular Hbond substituents is 2. The molecule has 0 aliphatic carbocycles. The van der Waals surface area contributed by atoms with Gasteiger partial charge >= 0.3 is 0 Å². The third-order valence-corrected chi connectivity index (χ3v) is 4.20. The van der Waals surface area contributed by atoms with E-state index in [1.54, 1.807) is 26.4 Å². The van der Waals surface area contributed by atoms with E-state index in [-0.39, 0.29) is 0 Å². The van der Waals surface area contributed by atoms with Gasteiger partial charge in [0.05, 0.1) is 14.2 Å². The minimum Gasteiger partial charge on any atom is -0.504 e. The predicted molar refractivity (Wildman–Crippen MR) is 107 cm³/mol. The van der Waals surface area contributed by atoms with Crippen molar-refractivity contribution < 1.29 is 19.7 Å². The third-order valence-electron chi connectivity index (χ3n) is 4.20. The molecule has 2 aromatic carbocycles. The zero-order valence-electron chi connectivity index (χ0n) is 16.4. The molecule has 0 aliphatic heterocycles. The number of para-hydroxylation sites is 2. The largest absolute Gasteiger partial charge is 0.504 e. The Morgan fingerprint density at radius 2 is 1.08 bits per heavy atom. The van der Waals surface area contributed by atoms with Crippen molar-refractivity contribution in [2.45, 2.75) is 52.4 Å². The van der Waals surface area contributed by atoms with Crippen LogP contribution in [0.4, 0.5) is 0 Å². The molecule has 0 bridgehead atoms. The number of phenols is 2. The zero-order valence-corrected chi connectivity index (χ0v) is 16.4. The SMILES string of the molecule is CCCCc1cccc(OC)c1O.CCCCc1cccc(OC)c1O. The Kier molecular flexibility index (Phi) is 10.1. The molecule has 0 saturated carbocycles. The molecule has 0 atom stereocenters. The lowest BCUT2D eigenvalue weighted by molar-refractivity contribution is 0.370. The highest BCUT2D eigenvalue weighted by Gasteiger charge is 2.06. The maximum atomic E-state index is 9.69. The van der Waals surface area contributed by atoms with Crippen LogP contribution in [-0.4, -0.2) is 24.4 Å². The summed E-state index contributed by atoms with van der Waals surface area (Å²) in [5.41, 5.74) is 1.95. The van der Waals surface area contributed by atoms with Crippen LogP contribution in [0.15, 0.2) is 36.4 Å². The highest BCUT2D eigenvalue weighted by molar-refractivity contribution is 5.46. The molecule has 0 aliphatic rings. The fraction of sp³-hybridized carbons (Fsp3) is 0.455. The molecule has 0 fully saturated rings. The van der Waals surface area contributed by atoms with E-state index in [1.165, 1.54) is 0 Å². The molecular formula is C22H32O4. The topological polar surface area (TPSA) is 58.9 Å². The van der Waals surface area contributed by atoms with Gasteiger partial charge in [-0.25, -0.2) is 0 Å². The van der Waals surface area contributed by atoms with E-state index in [2.05, 4.69) is 13.8 Å². The van der Waals surface area contributed by atoms with E-state index in [1.807, 2.05) is 24.3 Å². The van der Waals surface area contributed by atoms with E-state index in [9.17, 15) is 10.2 Å². The van der Waals surface area contributed by atoms with Crippen LogP contribution in [0.1, 0.15) is 50.7 Å². The second-order valence-electron chi connectivity index (χ2n) is 6.14. The molecule has 0 amide bonds. The number of aryl methyl sites for hydroxylation is 2. The van der Waals surface area contributed by atoms with Gasteiger partial charge in [-0.2, -0.15) is 0 Å². The second-order valence-corrected chi connectivity index (χ2v) is 6.14. The summed E-state index contributed by atoms with van der Waals surface area (Å²) in [5, 5.41) is 19.4. The van der Waals surface area contributed by atoms with E-state index in [0.29, 0.717) is 23.0 Å². The number of methoxy groups -OCH3 is 2. The number of ether oxygens (including phenoxy) is 2. The van der Waals surface area contributed by atoms with E-state index in [0.717, 1.165) is 49.7 Å². The molecule has 26 heavy (non-hydrogen) atoms. The molecule has 4 nitrogen and oxygen atoms in total. The highest BCUT2D eigenvalue weighted by Crippen LogP contribution is 2.31. The van der Waals surface area contributed by atoms with Crippen molar-refractivity contribution >= 4 is 0 Å². The van der Waals surface area contributed by atoms with Crippen LogP contribution in [0.3, 0.4) is 0 Å². The first-order valence-corrected chi connectivity index (χ1v) is 9.28. The summed E-state index contributed by atoms with van der Waals surface area (Å²) in [6.45, 7) is 4.27. The number of benzene rings is 2. The standard InChI is InChI=1S/2C11H16O2/c2*1-3-4-6-9-7-5-8-10(13-2)11(9)12/h2*5,7-8,12H,3-4,6H2,1-2H3. The lowest BCUT2D eigenvalue weighted by Gasteiger charge is -2.07. The fourth-order valence-corrected chi connectivity index (χ4v) is 2.60. The van der Waals surface area contributed by atoms with Crippen molar-refractivity contribution in [1.29, 1.82) is 0 Å². The van der Waals surface area contributed by atoms with Crippen molar-refractivity contribution in [3.63, 3.8) is 0 Å². The number of rotatable bonds is 8. The summed E-state index contributed by atoms with van der Waals surface area (Å²) < 4.78 is 10.0. The smallest absolute Gasteiger partial charge is 0.160 e. The molecule has 2 N–H and O–H groups in total. The van der Waals surface area contributed by atoms with Gasteiger partial charge in [-0.3, -0.25) is 0 Å². The Hall–Kier alpha value is -2.36. The number of aromatic hydroxyl groups is 2. The molecule has 4 heteroatoms. The Morgan fingerprint density at radius 1 is 0.692 bits per heavy atom. The van der Waals surface area contributed by atoms with Crippen LogP contribution in [0, 0.1) is 0 Å². The first kappa shape index (κ1) is 21.7. The van der Waals surface area contributed by atoms with Crippen molar-refractivity contribution in [1.82, 2.24) is 0 Å². The summed E-state index contributed by atoms with van der Waals surface area (Å²) in [7, 11) is 3.14. The van der Waals surface area contributed by atoms with Gasteiger partial charge in [0.15, 0.2) is 23.0 Å². The summed E-state index contributed by atoms with van der Waals surface area (Å²) in [6.07, 6.45) is 6.30. The quantitative estimate of drug-likeness (QED) is 0.654. The van der Waals surface area contributed by atoms with Gasteiger partial charge in [-0.15, -0.1) is 0 Å². The minimum atomic E-state index is 0.290. The summed E-state index contributed by atoms with van der Waals surface area (Å²) in [4.78, 5) is 0. The fourth-order valence-electron chi connectivity index (χ4n) is 2.60. The highest BCUT2D eigenvalue weighted by atomic mass is 16.5. The van der Waals surface area contributed by atoms with Gasteiger partial charge < -0.3 is 19.7 Å². The number of hydrogen-bond acceptors (Lipinski definition) is 4. The van der Waals surface area contributed by atoms with Gasteiger partial charge in [0, 0.05) is 0 Å². The molecule has 0 heterocycles. The van der Waals surface area contributed by atoms with Crippen molar-refractivity contribution in [2.24, 2.45) is 0 Å². The van der Waals surface area contributed by atoms with Crippen molar-refractivity contribution in [2.75, 3.05) is 14.2 Å². The van der Waals surface area contributed by atoms with E-state index in [4.69, 9.17) is 9.47 Å². The second kappa shape index (κ2) is 12.1. The Bertz CT molecular complexity index is 595. The summed E-state index contributed by atoms with van der Waals surface area (Å²) in [6, 6.07) is 11.2. The number of unbranched alkanes of at least 4 members (excludes halogenated alkanes) is 2. The lowest BCUT2D eigenvalue weighted by Crippen LogP contribution is -1.89. The van der Waals surface area contributed by atoms with Crippen molar-refractivity contribution in [3.05, 3.63) is 47.5 Å². The summed E-state index contributed by atoms with van der Waals surface area (Å²) >= 11 is 0. The first-order valence-electron chi connectivity index (χ1n) is 9.28. The summed E-state index contributed by atoms with van der Waals surface area (Å²) in [5.74, 6) is 1.71. The van der Waals surface area contributed by atoms with Crippen LogP contribution < -0.4 is 9.47 Å². The minimum absolute atomic E-state index is 0.290. The van der Waals surface area contributed by atoms with E-state index < -0.39 is 0 Å². The average molecular weight is 360 g/mol. The molecule has 0 aromatic heterocycles. The Morgan fingerprint density at radius 3 is 1.38 bits per heavy atom. The average Bonchev–Trinajstić information content (AvgIpc) is 2.67. The Balaban J connectivity index is 0.000000260. The molecule has 0 saturated heterocycles. The predicted octanol–water partition coefficient (Wildman–Crippen LogP) is 5.49. The van der Waals surface area contributed by atoms with E-state index >= 15 is 0 Å². The van der Waals surface area contributed by atoms with Gasteiger partial charge in [0.25, 0.3) is 0 Å². The van der Waals surface area contributed by atoms with Crippen molar-refractivity contribution in [3.8, 4) is 23.0 Å². The molecule has 2 rings (SSSR count). The van der Waals surface area contributed by atoms with Gasteiger partial charge in [-0.1, -0.05) is 51.0 Å². The van der Waals surface area contributed by atoms with Crippen LogP contribution >= 0.6 is 0 Å². The molecule has 0 radical (unpaired) electrons. The van der Waals surface area contributed by atoms with Crippen LogP contribution in [0.25, 0.3) is 0 Å². The first-order chi connectivity index (χ1) is 12.6. The lowest BCUT2D eigenvalue weighted by atomic mass is 10.1. The molecular weight excluding hydrogens is 328 g/mol. The maximum absolute atomic E-state index is 9.69. The van der Waals surface area contributed by atoms with Crippen LogP contribution in [0.2, 0.25) is 0 Å². The maximum Gasteiger partial charge on any atom is 0.160 e. The van der Waals surface area contributed by atoms with Gasteiger partial charge in [-0.05, 0) is 48.9 Å². The normalized spacial score (nSPS) is 10.0. The third kappa shape index (κ3) is 6.51.